The van der Waals surface area contributed by atoms with Gasteiger partial charge in [0.2, 0.25) is 0 Å². The number of carbonyl (C=O) groups excluding carboxylic acids is 2. The van der Waals surface area contributed by atoms with Gasteiger partial charge in [0.25, 0.3) is 11.1 Å². The molecule has 1 aromatic carbocycles. The molecule has 7 heteroatoms. The Bertz CT molecular complexity index is 630. The third kappa shape index (κ3) is 3.18. The number of imide groups is 1. The summed E-state index contributed by atoms with van der Waals surface area (Å²) in [5.74, 6) is 0.986. The summed E-state index contributed by atoms with van der Waals surface area (Å²) in [4.78, 5) is 25.4. The van der Waals surface area contributed by atoms with Gasteiger partial charge in [-0.15, -0.1) is 0 Å². The van der Waals surface area contributed by atoms with Crippen LogP contribution in [0.4, 0.5) is 4.79 Å². The number of carbonyl (C=O) groups is 2. The van der Waals surface area contributed by atoms with E-state index in [1.165, 1.54) is 4.90 Å². The Morgan fingerprint density at radius 3 is 2.52 bits per heavy atom. The Labute approximate surface area is 140 Å². The number of nitrogens with zero attached hydrogens (tertiary/aromatic N) is 1. The molecule has 0 bridgehead atoms. The van der Waals surface area contributed by atoms with Gasteiger partial charge in [-0.1, -0.05) is 0 Å². The molecule has 1 aromatic rings. The van der Waals surface area contributed by atoms with Crippen molar-refractivity contribution in [1.29, 1.82) is 0 Å². The second kappa shape index (κ2) is 6.69. The maximum Gasteiger partial charge on any atom is 0.293 e. The Morgan fingerprint density at radius 1 is 1.29 bits per heavy atom. The number of likely N-dealkylation sites (N-methyl/N-ethyl adjacent to an activating group) is 1. The molecule has 1 fully saturated rings. The van der Waals surface area contributed by atoms with Crippen LogP contribution in [0.5, 0.6) is 11.5 Å². The van der Waals surface area contributed by atoms with E-state index in [0.29, 0.717) is 22.9 Å². The molecule has 0 unspecified atom stereocenters. The molecule has 0 atom stereocenters. The molecule has 112 valence electrons. The van der Waals surface area contributed by atoms with Crippen LogP contribution in [0.25, 0.3) is 6.08 Å². The highest BCUT2D eigenvalue weighted by Crippen LogP contribution is 2.36. The third-order valence-electron chi connectivity index (χ3n) is 2.94. The minimum atomic E-state index is -0.253. The van der Waals surface area contributed by atoms with Gasteiger partial charge < -0.3 is 9.47 Å². The maximum atomic E-state index is 12.1. The first-order valence-corrected chi connectivity index (χ1v) is 8.08. The molecule has 0 N–H and O–H groups in total. The number of thioether (sulfide) groups is 1. The molecule has 21 heavy (non-hydrogen) atoms. The molecule has 1 heterocycles. The van der Waals surface area contributed by atoms with E-state index in [0.717, 1.165) is 20.9 Å². The lowest BCUT2D eigenvalue weighted by Crippen LogP contribution is -2.27. The minimum Gasteiger partial charge on any atom is -0.493 e. The normalized spacial score (nSPS) is 16.8. The number of methoxy groups -OCH3 is 2. The van der Waals surface area contributed by atoms with Crippen LogP contribution in [-0.2, 0) is 4.79 Å². The van der Waals surface area contributed by atoms with Crippen LogP contribution < -0.4 is 9.47 Å². The summed E-state index contributed by atoms with van der Waals surface area (Å²) in [6, 6.07) is 3.66. The van der Waals surface area contributed by atoms with Crippen LogP contribution in [0.1, 0.15) is 12.5 Å². The molecule has 0 spiro atoms. The molecular formula is C14H14INO4S. The van der Waals surface area contributed by atoms with E-state index < -0.39 is 0 Å². The Morgan fingerprint density at radius 2 is 2.00 bits per heavy atom. The number of ether oxygens (including phenoxy) is 2. The fraction of sp³-hybridized carbons (Fsp3) is 0.286. The summed E-state index contributed by atoms with van der Waals surface area (Å²) in [5.41, 5.74) is 0.790. The summed E-state index contributed by atoms with van der Waals surface area (Å²) >= 11 is 3.09. The van der Waals surface area contributed by atoms with Gasteiger partial charge in [0.05, 0.1) is 22.7 Å². The highest BCUT2D eigenvalue weighted by molar-refractivity contribution is 14.1. The van der Waals surface area contributed by atoms with Crippen molar-refractivity contribution in [2.75, 3.05) is 20.8 Å². The van der Waals surface area contributed by atoms with E-state index in [4.69, 9.17) is 9.47 Å². The molecule has 2 rings (SSSR count). The van der Waals surface area contributed by atoms with E-state index >= 15 is 0 Å². The molecule has 0 radical (unpaired) electrons. The van der Waals surface area contributed by atoms with Crippen LogP contribution in [0.15, 0.2) is 17.0 Å². The van der Waals surface area contributed by atoms with Gasteiger partial charge in [-0.25, -0.2) is 0 Å². The van der Waals surface area contributed by atoms with Crippen molar-refractivity contribution >= 4 is 51.6 Å². The fourth-order valence-corrected chi connectivity index (χ4v) is 3.69. The lowest BCUT2D eigenvalue weighted by atomic mass is 10.2. The van der Waals surface area contributed by atoms with Gasteiger partial charge in [-0.3, -0.25) is 14.5 Å². The summed E-state index contributed by atoms with van der Waals surface area (Å²) in [7, 11) is 3.13. The molecule has 2 amide bonds. The molecule has 0 aromatic heterocycles. The number of benzene rings is 1. The zero-order valence-corrected chi connectivity index (χ0v) is 14.8. The fourth-order valence-electron chi connectivity index (χ4n) is 1.95. The van der Waals surface area contributed by atoms with E-state index in [1.54, 1.807) is 33.3 Å². The van der Waals surface area contributed by atoms with Crippen LogP contribution in [0.2, 0.25) is 0 Å². The van der Waals surface area contributed by atoms with E-state index in [2.05, 4.69) is 22.6 Å². The van der Waals surface area contributed by atoms with Crippen molar-refractivity contribution in [3.8, 4) is 11.5 Å². The van der Waals surface area contributed by atoms with E-state index in [1.807, 2.05) is 6.07 Å². The Kier molecular flexibility index (Phi) is 5.15. The smallest absolute Gasteiger partial charge is 0.293 e. The molecule has 1 aliphatic heterocycles. The van der Waals surface area contributed by atoms with E-state index in [9.17, 15) is 9.59 Å². The molecule has 1 saturated heterocycles. The highest BCUT2D eigenvalue weighted by atomic mass is 127. The molecule has 0 aliphatic carbocycles. The van der Waals surface area contributed by atoms with Crippen molar-refractivity contribution in [2.45, 2.75) is 6.92 Å². The molecule has 0 saturated carbocycles. The average molecular weight is 419 g/mol. The highest BCUT2D eigenvalue weighted by Gasteiger charge is 2.33. The number of hydrogen-bond acceptors (Lipinski definition) is 5. The van der Waals surface area contributed by atoms with E-state index in [-0.39, 0.29) is 11.1 Å². The SMILES string of the molecule is CCN1C(=O)S/C(=C/c2cc(I)c(OC)c(OC)c2)C1=O. The van der Waals surface area contributed by atoms with Crippen molar-refractivity contribution < 1.29 is 19.1 Å². The first kappa shape index (κ1) is 16.2. The monoisotopic (exact) mass is 419 g/mol. The van der Waals surface area contributed by atoms with Crippen molar-refractivity contribution in [3.63, 3.8) is 0 Å². The maximum absolute atomic E-state index is 12.1. The van der Waals surface area contributed by atoms with Gasteiger partial charge in [0.1, 0.15) is 0 Å². The van der Waals surface area contributed by atoms with Crippen LogP contribution in [0.3, 0.4) is 0 Å². The van der Waals surface area contributed by atoms with Gasteiger partial charge in [0.15, 0.2) is 11.5 Å². The summed E-state index contributed by atoms with van der Waals surface area (Å²) in [6.45, 7) is 2.16. The van der Waals surface area contributed by atoms with Crippen LogP contribution in [-0.4, -0.2) is 36.8 Å². The summed E-state index contributed by atoms with van der Waals surface area (Å²) in [6.07, 6.45) is 1.70. The van der Waals surface area contributed by atoms with Gasteiger partial charge in [-0.05, 0) is 65.0 Å². The van der Waals surface area contributed by atoms with Gasteiger partial charge in [0, 0.05) is 6.54 Å². The summed E-state index contributed by atoms with van der Waals surface area (Å²) < 4.78 is 11.4. The minimum absolute atomic E-state index is 0.232. The predicted molar refractivity (Wildman–Crippen MR) is 90.6 cm³/mol. The van der Waals surface area contributed by atoms with Crippen molar-refractivity contribution in [2.24, 2.45) is 0 Å². The summed E-state index contributed by atoms with van der Waals surface area (Å²) in [5, 5.41) is -0.232. The van der Waals surface area contributed by atoms with Gasteiger partial charge >= 0.3 is 0 Å². The van der Waals surface area contributed by atoms with Crippen molar-refractivity contribution in [1.82, 2.24) is 4.90 Å². The first-order valence-electron chi connectivity index (χ1n) is 6.18. The second-order valence-electron chi connectivity index (χ2n) is 4.16. The van der Waals surface area contributed by atoms with Crippen LogP contribution in [0, 0.1) is 3.57 Å². The predicted octanol–water partition coefficient (Wildman–Crippen LogP) is 3.36. The largest absolute Gasteiger partial charge is 0.493 e. The van der Waals surface area contributed by atoms with Gasteiger partial charge in [-0.2, -0.15) is 0 Å². The number of amides is 2. The Balaban J connectivity index is 2.40. The van der Waals surface area contributed by atoms with Crippen molar-refractivity contribution in [3.05, 3.63) is 26.2 Å². The average Bonchev–Trinajstić information content (AvgIpc) is 2.72. The molecule has 1 aliphatic rings. The zero-order valence-electron chi connectivity index (χ0n) is 11.8. The lowest BCUT2D eigenvalue weighted by Gasteiger charge is -2.10. The number of rotatable bonds is 4. The number of halogens is 1. The Hall–Kier alpha value is -1.22. The number of hydrogen-bond donors (Lipinski definition) is 0. The first-order chi connectivity index (χ1) is 10.0. The third-order valence-corrected chi connectivity index (χ3v) is 4.65. The topological polar surface area (TPSA) is 55.8 Å². The standard InChI is InChI=1S/C14H14INO4S/c1-4-16-13(17)11(21-14(16)18)7-8-5-9(15)12(20-3)10(6-8)19-2/h5-7H,4H2,1-3H3/b11-7+. The quantitative estimate of drug-likeness (QED) is 0.554. The zero-order chi connectivity index (χ0) is 15.6. The lowest BCUT2D eigenvalue weighted by molar-refractivity contribution is -0.122. The molecule has 5 nitrogen and oxygen atoms in total. The van der Waals surface area contributed by atoms with Crippen LogP contribution >= 0.6 is 34.4 Å². The molecular weight excluding hydrogens is 405 g/mol. The second-order valence-corrected chi connectivity index (χ2v) is 6.32.